The molecule has 0 radical (unpaired) electrons. The number of aromatic hydroxyl groups is 2. The Labute approximate surface area is 322 Å². The maximum Gasteiger partial charge on any atom is 0.261 e. The number of rotatable bonds is 8. The zero-order valence-corrected chi connectivity index (χ0v) is 30.1. The number of phenolic OH excluding ortho intramolecular Hbond substituents is 2. The molecular weight excluding hydrogens is 732 g/mol. The molecule has 13 heteroatoms. The van der Waals surface area contributed by atoms with Gasteiger partial charge in [-0.15, -0.1) is 10.2 Å². The normalized spacial score (nSPS) is 13.4. The first kappa shape index (κ1) is 34.5. The fraction of sp³-hybridized carbons (Fsp3) is 0.0465. The van der Waals surface area contributed by atoms with Crippen molar-refractivity contribution in [2.24, 2.45) is 20.5 Å². The molecule has 2 aliphatic rings. The maximum atomic E-state index is 13.7. The Hall–Kier alpha value is -7.28. The van der Waals surface area contributed by atoms with E-state index in [-0.39, 0.29) is 40.8 Å². The van der Waals surface area contributed by atoms with E-state index in [1.54, 1.807) is 78.9 Å². The molecular formula is C43H27ClN6O6. The molecule has 272 valence electrons. The molecule has 12 nitrogen and oxygen atoms in total. The van der Waals surface area contributed by atoms with E-state index < -0.39 is 11.8 Å². The molecule has 0 saturated heterocycles. The lowest BCUT2D eigenvalue weighted by Gasteiger charge is -2.24. The van der Waals surface area contributed by atoms with Crippen molar-refractivity contribution in [3.05, 3.63) is 148 Å². The smallest absolute Gasteiger partial charge is 0.261 e. The molecule has 1 aliphatic heterocycles. The Morgan fingerprint density at radius 3 is 2.04 bits per heavy atom. The highest BCUT2D eigenvalue weighted by molar-refractivity contribution is 6.31. The Morgan fingerprint density at radius 2 is 1.30 bits per heavy atom. The number of nitrogens with zero attached hydrogens (tertiary/aromatic N) is 5. The molecule has 0 saturated carbocycles. The molecule has 56 heavy (non-hydrogen) atoms. The van der Waals surface area contributed by atoms with Gasteiger partial charge in [0.05, 0.1) is 22.6 Å². The number of phenols is 2. The molecule has 7 aromatic carbocycles. The maximum absolute atomic E-state index is 13.7. The van der Waals surface area contributed by atoms with E-state index in [9.17, 15) is 24.6 Å². The van der Waals surface area contributed by atoms with Gasteiger partial charge in [-0.1, -0.05) is 66.2 Å². The molecule has 0 atom stereocenters. The van der Waals surface area contributed by atoms with Gasteiger partial charge in [0, 0.05) is 50.5 Å². The number of carbonyl (C=O) groups is 3. The highest BCUT2D eigenvalue weighted by atomic mass is 35.5. The van der Waals surface area contributed by atoms with E-state index >= 15 is 0 Å². The number of nitrogens with one attached hydrogen (secondary N) is 1. The highest BCUT2D eigenvalue weighted by Crippen LogP contribution is 2.44. The number of anilines is 1. The van der Waals surface area contributed by atoms with Crippen LogP contribution in [0.4, 0.5) is 28.4 Å². The average molecular weight is 759 g/mol. The lowest BCUT2D eigenvalue weighted by atomic mass is 9.93. The van der Waals surface area contributed by atoms with Gasteiger partial charge in [-0.05, 0) is 77.2 Å². The lowest BCUT2D eigenvalue weighted by molar-refractivity contribution is 0.0650. The van der Waals surface area contributed by atoms with Crippen molar-refractivity contribution in [3.8, 4) is 22.6 Å². The average Bonchev–Trinajstić information content (AvgIpc) is 3.48. The van der Waals surface area contributed by atoms with Gasteiger partial charge in [-0.2, -0.15) is 10.2 Å². The summed E-state index contributed by atoms with van der Waals surface area (Å²) in [7, 11) is 1.39. The van der Waals surface area contributed by atoms with Crippen LogP contribution >= 0.6 is 11.6 Å². The zero-order valence-electron chi connectivity index (χ0n) is 29.3. The number of amides is 2. The minimum Gasteiger partial charge on any atom is -0.506 e. The standard InChI is InChI=1S/C43H27ClN6O6/c1-50-42(54)32-11-5-10-31-37(32)35(43(50)55)20-36(51)38(31)47-45-25-12-14-29-30-15-13-26(19-34(30)41(53)33(29)18-25)46-48-39-28-9-3-2-6-22(28)16-23(40(39)52)21-56-49-27-8-4-7-24(44)17-27/h2-20,49,51-52H,21H2,1H3. The van der Waals surface area contributed by atoms with Crippen LogP contribution in [0, 0.1) is 0 Å². The topological polar surface area (TPSA) is 166 Å². The van der Waals surface area contributed by atoms with E-state index in [0.29, 0.717) is 71.6 Å². The van der Waals surface area contributed by atoms with Crippen LogP contribution in [0.1, 0.15) is 42.2 Å². The number of fused-ring (bicyclic) bond motifs is 4. The fourth-order valence-electron chi connectivity index (χ4n) is 7.09. The fourth-order valence-corrected chi connectivity index (χ4v) is 7.28. The number of benzene rings is 7. The zero-order chi connectivity index (χ0) is 38.7. The molecule has 2 amide bonds. The predicted octanol–water partition coefficient (Wildman–Crippen LogP) is 10.9. The lowest BCUT2D eigenvalue weighted by Crippen LogP contribution is -2.36. The number of azo groups is 2. The van der Waals surface area contributed by atoms with Crippen molar-refractivity contribution in [3.63, 3.8) is 0 Å². The summed E-state index contributed by atoms with van der Waals surface area (Å²) in [5, 5.41) is 42.6. The summed E-state index contributed by atoms with van der Waals surface area (Å²) in [5.41, 5.74) is 7.85. The van der Waals surface area contributed by atoms with Crippen molar-refractivity contribution in [2.75, 3.05) is 12.5 Å². The third-order valence-corrected chi connectivity index (χ3v) is 10.1. The summed E-state index contributed by atoms with van der Waals surface area (Å²) in [4.78, 5) is 46.1. The number of imide groups is 1. The van der Waals surface area contributed by atoms with Gasteiger partial charge in [0.1, 0.15) is 29.5 Å². The first-order valence-electron chi connectivity index (χ1n) is 17.3. The van der Waals surface area contributed by atoms with Gasteiger partial charge >= 0.3 is 0 Å². The highest BCUT2D eigenvalue weighted by Gasteiger charge is 2.32. The van der Waals surface area contributed by atoms with E-state index in [2.05, 4.69) is 25.9 Å². The van der Waals surface area contributed by atoms with E-state index in [0.717, 1.165) is 10.3 Å². The monoisotopic (exact) mass is 758 g/mol. The Morgan fingerprint density at radius 1 is 0.643 bits per heavy atom. The number of halogens is 1. The number of hydrogen-bond acceptors (Lipinski definition) is 11. The Balaban J connectivity index is 0.981. The van der Waals surface area contributed by atoms with Crippen molar-refractivity contribution in [1.29, 1.82) is 0 Å². The number of carbonyl (C=O) groups excluding carboxylic acids is 3. The second kappa shape index (κ2) is 13.5. The minimum absolute atomic E-state index is 0.0175. The summed E-state index contributed by atoms with van der Waals surface area (Å²) in [6.07, 6.45) is 0. The molecule has 0 unspecified atom stereocenters. The van der Waals surface area contributed by atoms with Crippen LogP contribution in [0.3, 0.4) is 0 Å². The molecule has 7 aromatic rings. The van der Waals surface area contributed by atoms with Gasteiger partial charge in [0.2, 0.25) is 0 Å². The van der Waals surface area contributed by atoms with Crippen LogP contribution < -0.4 is 5.48 Å². The minimum atomic E-state index is -0.524. The van der Waals surface area contributed by atoms with Crippen molar-refractivity contribution in [1.82, 2.24) is 4.90 Å². The first-order chi connectivity index (χ1) is 27.2. The third-order valence-electron chi connectivity index (χ3n) is 9.82. The Bertz CT molecular complexity index is 2930. The molecule has 1 heterocycles. The molecule has 0 fully saturated rings. The second-order valence-corrected chi connectivity index (χ2v) is 13.7. The van der Waals surface area contributed by atoms with Crippen LogP contribution in [0.25, 0.3) is 32.7 Å². The Kier molecular flexibility index (Phi) is 8.34. The molecule has 0 aromatic heterocycles. The molecule has 3 N–H and O–H groups in total. The first-order valence-corrected chi connectivity index (χ1v) is 17.7. The molecule has 1 aliphatic carbocycles. The van der Waals surface area contributed by atoms with Crippen LogP contribution in [0.15, 0.2) is 136 Å². The quantitative estimate of drug-likeness (QED) is 0.0787. The van der Waals surface area contributed by atoms with Gasteiger partial charge in [-0.3, -0.25) is 29.6 Å². The molecule has 0 spiro atoms. The summed E-state index contributed by atoms with van der Waals surface area (Å²) >= 11 is 6.07. The third kappa shape index (κ3) is 5.80. The molecule has 9 rings (SSSR count). The van der Waals surface area contributed by atoms with Crippen LogP contribution in [-0.2, 0) is 11.4 Å². The van der Waals surface area contributed by atoms with E-state index in [4.69, 9.17) is 16.4 Å². The number of ketones is 1. The van der Waals surface area contributed by atoms with Gasteiger partial charge < -0.3 is 10.2 Å². The predicted molar refractivity (Wildman–Crippen MR) is 211 cm³/mol. The van der Waals surface area contributed by atoms with Crippen LogP contribution in [0.2, 0.25) is 5.02 Å². The summed E-state index contributed by atoms with van der Waals surface area (Å²) in [6.45, 7) is 0.0175. The van der Waals surface area contributed by atoms with E-state index in [1.807, 2.05) is 30.3 Å². The van der Waals surface area contributed by atoms with Crippen LogP contribution in [0.5, 0.6) is 11.5 Å². The summed E-state index contributed by atoms with van der Waals surface area (Å²) in [6, 6.07) is 32.9. The van der Waals surface area contributed by atoms with Crippen LogP contribution in [-0.4, -0.2) is 39.8 Å². The molecule has 0 bridgehead atoms. The van der Waals surface area contributed by atoms with Crippen molar-refractivity contribution >= 4 is 79.2 Å². The van der Waals surface area contributed by atoms with Crippen molar-refractivity contribution in [2.45, 2.75) is 6.61 Å². The SMILES string of the molecule is CN1C(=O)c2cccc3c(N=Nc4ccc5c(c4)C(=O)c4cc(N=Nc6c(O)c(CONc7cccc(Cl)c7)cc7ccccc67)ccc4-5)c(O)cc(c23)C1=O. The number of hydrogen-bond donors (Lipinski definition) is 3. The summed E-state index contributed by atoms with van der Waals surface area (Å²) < 4.78 is 0. The van der Waals surface area contributed by atoms with E-state index in [1.165, 1.54) is 13.1 Å². The van der Waals surface area contributed by atoms with Gasteiger partial charge in [-0.25, -0.2) is 0 Å². The second-order valence-electron chi connectivity index (χ2n) is 13.2. The van der Waals surface area contributed by atoms with Gasteiger partial charge in [0.15, 0.2) is 5.78 Å². The summed E-state index contributed by atoms with van der Waals surface area (Å²) in [5.74, 6) is -1.59. The van der Waals surface area contributed by atoms with Crippen molar-refractivity contribution < 1.29 is 29.4 Å². The largest absolute Gasteiger partial charge is 0.506 e. The van der Waals surface area contributed by atoms with Gasteiger partial charge in [0.25, 0.3) is 11.8 Å².